The summed E-state index contributed by atoms with van der Waals surface area (Å²) in [6, 6.07) is 0. The summed E-state index contributed by atoms with van der Waals surface area (Å²) in [6.07, 6.45) is 4.04. The smallest absolute Gasteiger partial charge is 0.132 e. The third-order valence-corrected chi connectivity index (χ3v) is 1.98. The monoisotopic (exact) mass is 167 g/mol. The molecule has 1 heterocycles. The van der Waals surface area contributed by atoms with Gasteiger partial charge in [-0.15, -0.1) is 10.2 Å². The van der Waals surface area contributed by atoms with Crippen LogP contribution >= 0.6 is 0 Å². The maximum absolute atomic E-state index is 4.07. The van der Waals surface area contributed by atoms with Gasteiger partial charge in [-0.3, -0.25) is 0 Å². The number of hydrogen-bond donors (Lipinski definition) is 0. The van der Waals surface area contributed by atoms with Crippen molar-refractivity contribution in [3.05, 3.63) is 12.2 Å². The zero-order chi connectivity index (χ0) is 8.97. The van der Waals surface area contributed by atoms with Gasteiger partial charge in [0.1, 0.15) is 12.2 Å². The van der Waals surface area contributed by atoms with Gasteiger partial charge in [-0.05, 0) is 19.3 Å². The molecular weight excluding hydrogens is 150 g/mol. The van der Waals surface area contributed by atoms with E-state index >= 15 is 0 Å². The minimum absolute atomic E-state index is 0.743. The Kier molecular flexibility index (Phi) is 3.26. The summed E-state index contributed by atoms with van der Waals surface area (Å²) >= 11 is 0. The minimum Gasteiger partial charge on any atom is -0.318 e. The average Bonchev–Trinajstić information content (AvgIpc) is 2.47. The van der Waals surface area contributed by atoms with Crippen molar-refractivity contribution >= 4 is 0 Å². The Labute approximate surface area is 73.8 Å². The average molecular weight is 167 g/mol. The molecule has 0 fully saturated rings. The van der Waals surface area contributed by atoms with Crippen LogP contribution in [0.5, 0.6) is 0 Å². The van der Waals surface area contributed by atoms with Crippen molar-refractivity contribution in [2.24, 2.45) is 5.92 Å². The van der Waals surface area contributed by atoms with E-state index in [0.717, 1.165) is 24.7 Å². The second kappa shape index (κ2) is 4.24. The fourth-order valence-corrected chi connectivity index (χ4v) is 1.15. The van der Waals surface area contributed by atoms with Crippen LogP contribution < -0.4 is 0 Å². The molecule has 0 aromatic carbocycles. The summed E-state index contributed by atoms with van der Waals surface area (Å²) in [5, 5.41) is 7.96. The van der Waals surface area contributed by atoms with Crippen molar-refractivity contribution in [1.82, 2.24) is 14.8 Å². The minimum atomic E-state index is 0.743. The number of aryl methyl sites for hydroxylation is 2. The van der Waals surface area contributed by atoms with Gasteiger partial charge in [0, 0.05) is 13.0 Å². The molecule has 0 atom stereocenters. The predicted molar refractivity (Wildman–Crippen MR) is 48.9 cm³/mol. The molecule has 0 aliphatic carbocycles. The second-order valence-electron chi connectivity index (χ2n) is 3.47. The summed E-state index contributed by atoms with van der Waals surface area (Å²) in [7, 11) is 0. The first-order valence-electron chi connectivity index (χ1n) is 4.60. The van der Waals surface area contributed by atoms with Crippen LogP contribution in [0, 0.1) is 5.92 Å². The van der Waals surface area contributed by atoms with Gasteiger partial charge >= 0.3 is 0 Å². The standard InChI is InChI=1S/C9H17N3/c1-4-12-7-10-11-9(12)6-5-8(2)3/h7-8H,4-6H2,1-3H3. The van der Waals surface area contributed by atoms with E-state index < -0.39 is 0 Å². The molecule has 0 bridgehead atoms. The lowest BCUT2D eigenvalue weighted by molar-refractivity contribution is 0.557. The van der Waals surface area contributed by atoms with Crippen LogP contribution in [-0.4, -0.2) is 14.8 Å². The molecule has 3 nitrogen and oxygen atoms in total. The van der Waals surface area contributed by atoms with Crippen LogP contribution in [0.25, 0.3) is 0 Å². The van der Waals surface area contributed by atoms with Crippen LogP contribution in [0.1, 0.15) is 33.0 Å². The molecule has 0 aliphatic rings. The van der Waals surface area contributed by atoms with Crippen LogP contribution in [0.3, 0.4) is 0 Å². The lowest BCUT2D eigenvalue weighted by atomic mass is 10.1. The van der Waals surface area contributed by atoms with E-state index in [1.807, 2.05) is 0 Å². The lowest BCUT2D eigenvalue weighted by Crippen LogP contribution is -2.02. The molecule has 0 saturated carbocycles. The Morgan fingerprint density at radius 2 is 2.25 bits per heavy atom. The SMILES string of the molecule is CCn1cnnc1CCC(C)C. The number of aromatic nitrogens is 3. The quantitative estimate of drug-likeness (QED) is 0.685. The Bertz CT molecular complexity index is 227. The number of rotatable bonds is 4. The van der Waals surface area contributed by atoms with Crippen molar-refractivity contribution in [3.8, 4) is 0 Å². The van der Waals surface area contributed by atoms with Crippen molar-refractivity contribution in [1.29, 1.82) is 0 Å². The van der Waals surface area contributed by atoms with Crippen LogP contribution in [0.4, 0.5) is 0 Å². The maximum Gasteiger partial charge on any atom is 0.132 e. The Hall–Kier alpha value is -0.860. The van der Waals surface area contributed by atoms with E-state index in [1.165, 1.54) is 6.42 Å². The van der Waals surface area contributed by atoms with Crippen LogP contribution in [0.2, 0.25) is 0 Å². The Morgan fingerprint density at radius 1 is 1.50 bits per heavy atom. The highest BCUT2D eigenvalue weighted by atomic mass is 15.3. The van der Waals surface area contributed by atoms with E-state index in [2.05, 4.69) is 35.5 Å². The van der Waals surface area contributed by atoms with Gasteiger partial charge < -0.3 is 4.57 Å². The van der Waals surface area contributed by atoms with Crippen molar-refractivity contribution in [2.75, 3.05) is 0 Å². The zero-order valence-electron chi connectivity index (χ0n) is 8.12. The first-order chi connectivity index (χ1) is 5.74. The summed E-state index contributed by atoms with van der Waals surface area (Å²) in [5.74, 6) is 1.86. The molecule has 1 aromatic rings. The summed E-state index contributed by atoms with van der Waals surface area (Å²) < 4.78 is 2.10. The van der Waals surface area contributed by atoms with Gasteiger partial charge in [0.15, 0.2) is 0 Å². The molecule has 0 unspecified atom stereocenters. The van der Waals surface area contributed by atoms with Crippen molar-refractivity contribution < 1.29 is 0 Å². The highest BCUT2D eigenvalue weighted by Crippen LogP contribution is 2.06. The number of hydrogen-bond acceptors (Lipinski definition) is 2. The maximum atomic E-state index is 4.07. The largest absolute Gasteiger partial charge is 0.318 e. The molecule has 0 amide bonds. The highest BCUT2D eigenvalue weighted by molar-refractivity contribution is 4.85. The fraction of sp³-hybridized carbons (Fsp3) is 0.778. The third-order valence-electron chi connectivity index (χ3n) is 1.98. The summed E-state index contributed by atoms with van der Waals surface area (Å²) in [4.78, 5) is 0. The van der Waals surface area contributed by atoms with Gasteiger partial charge in [-0.1, -0.05) is 13.8 Å². The van der Waals surface area contributed by atoms with E-state index in [1.54, 1.807) is 6.33 Å². The predicted octanol–water partition coefficient (Wildman–Crippen LogP) is 1.89. The molecule has 0 aliphatic heterocycles. The van der Waals surface area contributed by atoms with E-state index in [-0.39, 0.29) is 0 Å². The summed E-state index contributed by atoms with van der Waals surface area (Å²) in [6.45, 7) is 7.54. The first-order valence-corrected chi connectivity index (χ1v) is 4.60. The third kappa shape index (κ3) is 2.32. The van der Waals surface area contributed by atoms with Gasteiger partial charge in [0.25, 0.3) is 0 Å². The first kappa shape index (κ1) is 9.23. The molecule has 1 aromatic heterocycles. The number of nitrogens with zero attached hydrogens (tertiary/aromatic N) is 3. The topological polar surface area (TPSA) is 30.7 Å². The molecule has 1 rings (SSSR count). The van der Waals surface area contributed by atoms with E-state index in [9.17, 15) is 0 Å². The van der Waals surface area contributed by atoms with Crippen molar-refractivity contribution in [2.45, 2.75) is 40.2 Å². The normalized spacial score (nSPS) is 11.0. The van der Waals surface area contributed by atoms with Crippen LogP contribution in [-0.2, 0) is 13.0 Å². The molecule has 0 N–H and O–H groups in total. The van der Waals surface area contributed by atoms with Gasteiger partial charge in [-0.25, -0.2) is 0 Å². The molecule has 68 valence electrons. The molecule has 0 spiro atoms. The fourth-order valence-electron chi connectivity index (χ4n) is 1.15. The van der Waals surface area contributed by atoms with E-state index in [0.29, 0.717) is 0 Å². The second-order valence-corrected chi connectivity index (χ2v) is 3.47. The van der Waals surface area contributed by atoms with Gasteiger partial charge in [0.2, 0.25) is 0 Å². The zero-order valence-corrected chi connectivity index (χ0v) is 8.12. The van der Waals surface area contributed by atoms with Gasteiger partial charge in [0.05, 0.1) is 0 Å². The van der Waals surface area contributed by atoms with Crippen LogP contribution in [0.15, 0.2) is 6.33 Å². The Morgan fingerprint density at radius 3 is 2.83 bits per heavy atom. The molecule has 3 heteroatoms. The van der Waals surface area contributed by atoms with E-state index in [4.69, 9.17) is 0 Å². The Balaban J connectivity index is 2.50. The highest BCUT2D eigenvalue weighted by Gasteiger charge is 2.02. The van der Waals surface area contributed by atoms with Gasteiger partial charge in [-0.2, -0.15) is 0 Å². The molecule has 0 radical (unpaired) electrons. The molecular formula is C9H17N3. The van der Waals surface area contributed by atoms with Crippen molar-refractivity contribution in [3.63, 3.8) is 0 Å². The molecule has 12 heavy (non-hydrogen) atoms. The lowest BCUT2D eigenvalue weighted by Gasteiger charge is -2.04. The summed E-state index contributed by atoms with van der Waals surface area (Å²) in [5.41, 5.74) is 0. The molecule has 0 saturated heterocycles.